The molecule has 3 heteroatoms. The van der Waals surface area contributed by atoms with Gasteiger partial charge in [-0.25, -0.2) is 0 Å². The Morgan fingerprint density at radius 1 is 1.29 bits per heavy atom. The molecule has 0 aliphatic carbocycles. The molecule has 2 rings (SSSR count). The molecule has 0 bridgehead atoms. The normalized spacial score (nSPS) is 29.2. The van der Waals surface area contributed by atoms with Crippen LogP contribution in [0.1, 0.15) is 46.5 Å². The van der Waals surface area contributed by atoms with Crippen LogP contribution in [-0.4, -0.2) is 29.5 Å². The van der Waals surface area contributed by atoms with E-state index in [0.29, 0.717) is 5.78 Å². The number of carbonyl (C=O) groups excluding carboxylic acids is 1. The van der Waals surface area contributed by atoms with E-state index in [4.69, 9.17) is 4.74 Å². The van der Waals surface area contributed by atoms with Gasteiger partial charge in [-0.2, -0.15) is 11.8 Å². The summed E-state index contributed by atoms with van der Waals surface area (Å²) in [6, 6.07) is 0. The minimum absolute atomic E-state index is 0.0368. The Morgan fingerprint density at radius 2 is 1.94 bits per heavy atom. The minimum atomic E-state index is -0.202. The van der Waals surface area contributed by atoms with Crippen LogP contribution in [0.2, 0.25) is 0 Å². The second-order valence-electron chi connectivity index (χ2n) is 6.45. The van der Waals surface area contributed by atoms with Gasteiger partial charge in [-0.3, -0.25) is 4.79 Å². The maximum Gasteiger partial charge on any atom is 0.141 e. The van der Waals surface area contributed by atoms with Gasteiger partial charge in [-0.05, 0) is 37.2 Å². The van der Waals surface area contributed by atoms with Crippen molar-refractivity contribution in [3.8, 4) is 0 Å². The van der Waals surface area contributed by atoms with Crippen molar-refractivity contribution < 1.29 is 9.53 Å². The van der Waals surface area contributed by atoms with Crippen LogP contribution in [0.15, 0.2) is 0 Å². The highest BCUT2D eigenvalue weighted by molar-refractivity contribution is 7.99. The van der Waals surface area contributed by atoms with Crippen molar-refractivity contribution in [3.63, 3.8) is 0 Å². The first-order valence-corrected chi connectivity index (χ1v) is 7.84. The predicted molar refractivity (Wildman–Crippen MR) is 72.4 cm³/mol. The van der Waals surface area contributed by atoms with Crippen molar-refractivity contribution in [2.75, 3.05) is 18.1 Å². The Labute approximate surface area is 109 Å². The largest absolute Gasteiger partial charge is 0.375 e. The average Bonchev–Trinajstić information content (AvgIpc) is 2.28. The molecule has 0 aromatic carbocycles. The summed E-state index contributed by atoms with van der Waals surface area (Å²) in [6.45, 7) is 6.88. The Bertz CT molecular complexity index is 282. The summed E-state index contributed by atoms with van der Waals surface area (Å²) in [5.41, 5.74) is -0.165. The number of ketones is 1. The monoisotopic (exact) mass is 256 g/mol. The first-order valence-electron chi connectivity index (χ1n) is 6.69. The minimum Gasteiger partial charge on any atom is -0.375 e. The van der Waals surface area contributed by atoms with Gasteiger partial charge < -0.3 is 4.74 Å². The molecule has 98 valence electrons. The lowest BCUT2D eigenvalue weighted by atomic mass is 9.74. The topological polar surface area (TPSA) is 26.3 Å². The molecule has 2 saturated heterocycles. The number of hydrogen-bond acceptors (Lipinski definition) is 3. The van der Waals surface area contributed by atoms with Gasteiger partial charge >= 0.3 is 0 Å². The highest BCUT2D eigenvalue weighted by Crippen LogP contribution is 2.41. The van der Waals surface area contributed by atoms with E-state index in [0.717, 1.165) is 32.3 Å². The molecule has 2 aliphatic rings. The molecule has 1 atom stereocenters. The second-order valence-corrected chi connectivity index (χ2v) is 7.67. The van der Waals surface area contributed by atoms with Gasteiger partial charge in [0.15, 0.2) is 0 Å². The highest BCUT2D eigenvalue weighted by atomic mass is 32.2. The summed E-state index contributed by atoms with van der Waals surface area (Å²) in [7, 11) is 0. The highest BCUT2D eigenvalue weighted by Gasteiger charge is 2.42. The fourth-order valence-corrected chi connectivity index (χ4v) is 4.19. The average molecular weight is 256 g/mol. The summed E-state index contributed by atoms with van der Waals surface area (Å²) >= 11 is 2.01. The zero-order valence-electron chi connectivity index (χ0n) is 11.3. The standard InChI is InChI=1S/C14H24O2S/c1-13(2,3)12(15)11-4-7-16-14(10-11)5-8-17-9-6-14/h11H,4-10H2,1-3H3. The quantitative estimate of drug-likeness (QED) is 0.720. The Kier molecular flexibility index (Phi) is 3.89. The van der Waals surface area contributed by atoms with Crippen LogP contribution in [0.25, 0.3) is 0 Å². The third-order valence-electron chi connectivity index (χ3n) is 4.01. The summed E-state index contributed by atoms with van der Waals surface area (Å²) in [4.78, 5) is 12.4. The van der Waals surface area contributed by atoms with Gasteiger partial charge in [0.1, 0.15) is 5.78 Å². The molecule has 0 aromatic heterocycles. The van der Waals surface area contributed by atoms with Crippen LogP contribution in [0.5, 0.6) is 0 Å². The molecule has 2 aliphatic heterocycles. The van der Waals surface area contributed by atoms with Gasteiger partial charge in [0, 0.05) is 17.9 Å². The first-order chi connectivity index (χ1) is 7.93. The van der Waals surface area contributed by atoms with Crippen molar-refractivity contribution in [1.29, 1.82) is 0 Å². The van der Waals surface area contributed by atoms with Gasteiger partial charge in [-0.1, -0.05) is 20.8 Å². The number of Topliss-reactive ketones (excluding diaryl/α,β-unsaturated/α-hetero) is 1. The number of ether oxygens (including phenoxy) is 1. The number of carbonyl (C=O) groups is 1. The lowest BCUT2D eigenvalue weighted by Crippen LogP contribution is -2.46. The van der Waals surface area contributed by atoms with E-state index in [1.54, 1.807) is 0 Å². The van der Waals surface area contributed by atoms with Gasteiger partial charge in [0.05, 0.1) is 5.60 Å². The van der Waals surface area contributed by atoms with Crippen LogP contribution in [0.4, 0.5) is 0 Å². The van der Waals surface area contributed by atoms with Crippen LogP contribution in [0.3, 0.4) is 0 Å². The van der Waals surface area contributed by atoms with Crippen LogP contribution >= 0.6 is 11.8 Å². The van der Waals surface area contributed by atoms with Crippen molar-refractivity contribution >= 4 is 17.5 Å². The molecule has 0 radical (unpaired) electrons. The SMILES string of the molecule is CC(C)(C)C(=O)C1CCOC2(CCSCC2)C1. The smallest absolute Gasteiger partial charge is 0.141 e. The number of rotatable bonds is 1. The summed E-state index contributed by atoms with van der Waals surface area (Å²) in [5.74, 6) is 3.04. The summed E-state index contributed by atoms with van der Waals surface area (Å²) in [6.07, 6.45) is 4.14. The van der Waals surface area contributed by atoms with E-state index in [1.165, 1.54) is 11.5 Å². The number of thioether (sulfide) groups is 1. The zero-order chi connectivity index (χ0) is 12.5. The first kappa shape index (κ1) is 13.4. The molecule has 17 heavy (non-hydrogen) atoms. The second kappa shape index (κ2) is 4.93. The van der Waals surface area contributed by atoms with Crippen LogP contribution < -0.4 is 0 Å². The molecule has 0 amide bonds. The maximum atomic E-state index is 12.4. The van der Waals surface area contributed by atoms with Crippen LogP contribution in [-0.2, 0) is 9.53 Å². The van der Waals surface area contributed by atoms with Crippen molar-refractivity contribution in [3.05, 3.63) is 0 Å². The lowest BCUT2D eigenvalue weighted by Gasteiger charge is -2.44. The van der Waals surface area contributed by atoms with Crippen LogP contribution in [0, 0.1) is 11.3 Å². The third-order valence-corrected chi connectivity index (χ3v) is 4.99. The number of hydrogen-bond donors (Lipinski definition) is 0. The summed E-state index contributed by atoms with van der Waals surface area (Å²) < 4.78 is 6.03. The zero-order valence-corrected chi connectivity index (χ0v) is 12.1. The van der Waals surface area contributed by atoms with Gasteiger partial charge in [-0.15, -0.1) is 0 Å². The Hall–Kier alpha value is -0.0200. The van der Waals surface area contributed by atoms with E-state index >= 15 is 0 Å². The molecular formula is C14H24O2S. The molecule has 2 heterocycles. The van der Waals surface area contributed by atoms with Gasteiger partial charge in [0.2, 0.25) is 0 Å². The van der Waals surface area contributed by atoms with Crippen molar-refractivity contribution in [1.82, 2.24) is 0 Å². The van der Waals surface area contributed by atoms with Crippen molar-refractivity contribution in [2.24, 2.45) is 11.3 Å². The van der Waals surface area contributed by atoms with E-state index in [2.05, 4.69) is 0 Å². The molecule has 1 spiro atoms. The molecular weight excluding hydrogens is 232 g/mol. The Morgan fingerprint density at radius 3 is 2.53 bits per heavy atom. The maximum absolute atomic E-state index is 12.4. The predicted octanol–water partition coefficient (Wildman–Crippen LogP) is 3.29. The fraction of sp³-hybridized carbons (Fsp3) is 0.929. The van der Waals surface area contributed by atoms with E-state index in [9.17, 15) is 4.79 Å². The van der Waals surface area contributed by atoms with Crippen molar-refractivity contribution in [2.45, 2.75) is 52.1 Å². The molecule has 0 aromatic rings. The fourth-order valence-electron chi connectivity index (χ4n) is 2.96. The lowest BCUT2D eigenvalue weighted by molar-refractivity contribution is -0.145. The van der Waals surface area contributed by atoms with Gasteiger partial charge in [0.25, 0.3) is 0 Å². The van der Waals surface area contributed by atoms with E-state index < -0.39 is 0 Å². The molecule has 0 saturated carbocycles. The van der Waals surface area contributed by atoms with E-state index in [1.807, 2.05) is 32.5 Å². The molecule has 2 fully saturated rings. The molecule has 2 nitrogen and oxygen atoms in total. The summed E-state index contributed by atoms with van der Waals surface area (Å²) in [5, 5.41) is 0. The third kappa shape index (κ3) is 3.05. The van der Waals surface area contributed by atoms with E-state index in [-0.39, 0.29) is 16.9 Å². The Balaban J connectivity index is 2.04. The molecule has 1 unspecified atom stereocenters. The molecule has 0 N–H and O–H groups in total.